The summed E-state index contributed by atoms with van der Waals surface area (Å²) >= 11 is 5.80. The number of nitrogens with zero attached hydrogens (tertiary/aromatic N) is 3. The maximum atomic E-state index is 9.50. The Hall–Kier alpha value is -1.82. The molecule has 0 saturated heterocycles. The Morgan fingerprint density at radius 1 is 1.47 bits per heavy atom. The molecule has 1 aromatic heterocycles. The van der Waals surface area contributed by atoms with Crippen molar-refractivity contribution in [1.82, 2.24) is 20.6 Å². The number of rotatable bonds is 2. The number of hydrogen-bond donors (Lipinski definition) is 2. The van der Waals surface area contributed by atoms with Gasteiger partial charge in [0, 0.05) is 5.56 Å². The van der Waals surface area contributed by atoms with Gasteiger partial charge in [0.15, 0.2) is 11.5 Å². The van der Waals surface area contributed by atoms with Crippen LogP contribution in [-0.4, -0.2) is 32.8 Å². The number of aromatic nitrogens is 4. The number of nitrogens with one attached hydrogen (secondary N) is 1. The molecule has 0 unspecified atom stereocenters. The average molecular weight is 227 g/mol. The second kappa shape index (κ2) is 3.74. The molecule has 0 aliphatic heterocycles. The lowest BCUT2D eigenvalue weighted by Gasteiger charge is -2.06. The van der Waals surface area contributed by atoms with Crippen LogP contribution in [-0.2, 0) is 0 Å². The van der Waals surface area contributed by atoms with Crippen molar-refractivity contribution in [2.24, 2.45) is 0 Å². The fourth-order valence-electron chi connectivity index (χ4n) is 1.14. The van der Waals surface area contributed by atoms with Crippen molar-refractivity contribution >= 4 is 11.6 Å². The fourth-order valence-corrected chi connectivity index (χ4v) is 1.35. The topological polar surface area (TPSA) is 83.9 Å². The van der Waals surface area contributed by atoms with Gasteiger partial charge in [-0.15, -0.1) is 10.2 Å². The van der Waals surface area contributed by atoms with E-state index in [9.17, 15) is 5.11 Å². The number of methoxy groups -OCH3 is 1. The summed E-state index contributed by atoms with van der Waals surface area (Å²) < 4.78 is 4.94. The number of hydrogen-bond acceptors (Lipinski definition) is 5. The molecule has 0 aliphatic carbocycles. The molecule has 2 rings (SSSR count). The Balaban J connectivity index is 2.55. The molecule has 0 amide bonds. The Labute approximate surface area is 89.8 Å². The highest BCUT2D eigenvalue weighted by molar-refractivity contribution is 6.32. The number of aromatic amines is 1. The van der Waals surface area contributed by atoms with Crippen molar-refractivity contribution in [3.05, 3.63) is 17.2 Å². The normalized spacial score (nSPS) is 10.3. The molecule has 15 heavy (non-hydrogen) atoms. The molecule has 0 saturated carbocycles. The van der Waals surface area contributed by atoms with Gasteiger partial charge in [0.2, 0.25) is 5.82 Å². The van der Waals surface area contributed by atoms with Crippen LogP contribution in [0.15, 0.2) is 12.1 Å². The lowest BCUT2D eigenvalue weighted by atomic mass is 10.2. The van der Waals surface area contributed by atoms with Crippen LogP contribution >= 0.6 is 11.6 Å². The Morgan fingerprint density at radius 2 is 2.27 bits per heavy atom. The first-order valence-corrected chi connectivity index (χ1v) is 4.40. The van der Waals surface area contributed by atoms with E-state index in [0.29, 0.717) is 11.4 Å². The summed E-state index contributed by atoms with van der Waals surface area (Å²) in [5, 5.41) is 23.0. The highest BCUT2D eigenvalue weighted by Gasteiger charge is 2.12. The molecule has 2 aromatic rings. The molecule has 7 heteroatoms. The number of H-pyrrole nitrogens is 1. The van der Waals surface area contributed by atoms with E-state index >= 15 is 0 Å². The Kier molecular flexibility index (Phi) is 2.42. The van der Waals surface area contributed by atoms with Crippen molar-refractivity contribution in [3.8, 4) is 22.9 Å². The molecule has 0 aliphatic rings. The van der Waals surface area contributed by atoms with E-state index in [1.807, 2.05) is 0 Å². The van der Waals surface area contributed by atoms with Gasteiger partial charge in [-0.1, -0.05) is 11.6 Å². The minimum Gasteiger partial charge on any atom is -0.503 e. The first-order valence-electron chi connectivity index (χ1n) is 4.02. The van der Waals surface area contributed by atoms with Gasteiger partial charge in [0.05, 0.1) is 12.1 Å². The van der Waals surface area contributed by atoms with Crippen LogP contribution in [0.3, 0.4) is 0 Å². The summed E-state index contributed by atoms with van der Waals surface area (Å²) in [5.41, 5.74) is 0.614. The second-order valence-electron chi connectivity index (χ2n) is 2.74. The molecular weight excluding hydrogens is 220 g/mol. The van der Waals surface area contributed by atoms with Crippen LogP contribution in [0.25, 0.3) is 11.4 Å². The molecule has 0 atom stereocenters. The number of phenolic OH excluding ortho intramolecular Hbond substituents is 1. The van der Waals surface area contributed by atoms with Crippen molar-refractivity contribution < 1.29 is 9.84 Å². The van der Waals surface area contributed by atoms with Crippen LogP contribution in [0.4, 0.5) is 0 Å². The molecule has 0 fully saturated rings. The van der Waals surface area contributed by atoms with Gasteiger partial charge in [-0.2, -0.15) is 5.21 Å². The Morgan fingerprint density at radius 3 is 2.87 bits per heavy atom. The van der Waals surface area contributed by atoms with Gasteiger partial charge in [-0.25, -0.2) is 0 Å². The van der Waals surface area contributed by atoms with E-state index in [1.54, 1.807) is 6.07 Å². The zero-order valence-corrected chi connectivity index (χ0v) is 8.49. The molecule has 78 valence electrons. The third-order valence-electron chi connectivity index (χ3n) is 1.85. The maximum absolute atomic E-state index is 9.50. The number of tetrazole rings is 1. The highest BCUT2D eigenvalue weighted by Crippen LogP contribution is 2.37. The largest absolute Gasteiger partial charge is 0.503 e. The molecule has 0 spiro atoms. The van der Waals surface area contributed by atoms with E-state index in [4.69, 9.17) is 16.3 Å². The molecule has 0 bridgehead atoms. The van der Waals surface area contributed by atoms with Crippen molar-refractivity contribution in [1.29, 1.82) is 0 Å². The van der Waals surface area contributed by atoms with Gasteiger partial charge < -0.3 is 9.84 Å². The minimum absolute atomic E-state index is 0.105. The van der Waals surface area contributed by atoms with Crippen LogP contribution in [0, 0.1) is 0 Å². The van der Waals surface area contributed by atoms with E-state index in [2.05, 4.69) is 20.6 Å². The minimum atomic E-state index is -0.105. The third-order valence-corrected chi connectivity index (χ3v) is 2.14. The highest BCUT2D eigenvalue weighted by atomic mass is 35.5. The van der Waals surface area contributed by atoms with Gasteiger partial charge in [-0.3, -0.25) is 0 Å². The molecule has 6 nitrogen and oxygen atoms in total. The fraction of sp³-hybridized carbons (Fsp3) is 0.125. The van der Waals surface area contributed by atoms with Gasteiger partial charge >= 0.3 is 0 Å². The monoisotopic (exact) mass is 226 g/mol. The van der Waals surface area contributed by atoms with Crippen molar-refractivity contribution in [2.45, 2.75) is 0 Å². The van der Waals surface area contributed by atoms with Crippen LogP contribution in [0.1, 0.15) is 0 Å². The standard InChI is InChI=1S/C8H7ClN4O2/c1-15-6-3-4(2-5(9)7(6)14)8-10-12-13-11-8/h2-3,14H,1H3,(H,10,11,12,13). The predicted molar refractivity (Wildman–Crippen MR) is 52.8 cm³/mol. The first-order chi connectivity index (χ1) is 7.22. The summed E-state index contributed by atoms with van der Waals surface area (Å²) in [6, 6.07) is 3.11. The summed E-state index contributed by atoms with van der Waals surface area (Å²) in [6.07, 6.45) is 0. The predicted octanol–water partition coefficient (Wildman–Crippen LogP) is 1.23. The van der Waals surface area contributed by atoms with Gasteiger partial charge in [0.1, 0.15) is 0 Å². The summed E-state index contributed by atoms with van der Waals surface area (Å²) in [5.74, 6) is 0.545. The van der Waals surface area contributed by atoms with E-state index < -0.39 is 0 Å². The second-order valence-corrected chi connectivity index (χ2v) is 3.15. The maximum Gasteiger partial charge on any atom is 0.204 e. The molecule has 2 N–H and O–H groups in total. The lowest BCUT2D eigenvalue weighted by Crippen LogP contribution is -1.87. The van der Waals surface area contributed by atoms with Crippen LogP contribution in [0.2, 0.25) is 5.02 Å². The number of benzene rings is 1. The van der Waals surface area contributed by atoms with Crippen LogP contribution in [0.5, 0.6) is 11.5 Å². The number of phenols is 1. The van der Waals surface area contributed by atoms with E-state index in [0.717, 1.165) is 0 Å². The van der Waals surface area contributed by atoms with Crippen molar-refractivity contribution in [3.63, 3.8) is 0 Å². The van der Waals surface area contributed by atoms with Gasteiger partial charge in [0.25, 0.3) is 0 Å². The zero-order valence-electron chi connectivity index (χ0n) is 7.73. The first kappa shape index (κ1) is 9.72. The molecule has 0 radical (unpaired) electrons. The van der Waals surface area contributed by atoms with Crippen molar-refractivity contribution in [2.75, 3.05) is 7.11 Å². The quantitative estimate of drug-likeness (QED) is 0.805. The SMILES string of the molecule is COc1cc(-c2nn[nH]n2)cc(Cl)c1O. The summed E-state index contributed by atoms with van der Waals surface area (Å²) in [4.78, 5) is 0. The number of aromatic hydroxyl groups is 1. The smallest absolute Gasteiger partial charge is 0.204 e. The number of halogens is 1. The van der Waals surface area contributed by atoms with E-state index in [1.165, 1.54) is 13.2 Å². The third kappa shape index (κ3) is 1.71. The molecule has 1 aromatic carbocycles. The molecular formula is C8H7ClN4O2. The van der Waals surface area contributed by atoms with E-state index in [-0.39, 0.29) is 16.5 Å². The number of ether oxygens (including phenoxy) is 1. The lowest BCUT2D eigenvalue weighted by molar-refractivity contribution is 0.374. The summed E-state index contributed by atoms with van der Waals surface area (Å²) in [6.45, 7) is 0. The average Bonchev–Trinajstić information content (AvgIpc) is 2.75. The summed E-state index contributed by atoms with van der Waals surface area (Å²) in [7, 11) is 1.44. The molecule has 1 heterocycles. The zero-order chi connectivity index (χ0) is 10.8. The van der Waals surface area contributed by atoms with Crippen LogP contribution < -0.4 is 4.74 Å². The Bertz CT molecular complexity index is 472. The van der Waals surface area contributed by atoms with Gasteiger partial charge in [-0.05, 0) is 17.3 Å².